The van der Waals surface area contributed by atoms with Crippen LogP contribution in [-0.4, -0.2) is 24.7 Å². The fourth-order valence-corrected chi connectivity index (χ4v) is 3.64. The predicted molar refractivity (Wildman–Crippen MR) is 121 cm³/mol. The van der Waals surface area contributed by atoms with Gasteiger partial charge in [0.2, 0.25) is 0 Å². The number of hydrogen-bond acceptors (Lipinski definition) is 6. The van der Waals surface area contributed by atoms with Crippen molar-refractivity contribution in [2.24, 2.45) is 0 Å². The Hall–Kier alpha value is -3.29. The molecule has 1 heterocycles. The summed E-state index contributed by atoms with van der Waals surface area (Å²) in [6.45, 7) is 2.60. The topological polar surface area (TPSA) is 74.2 Å². The van der Waals surface area contributed by atoms with Crippen molar-refractivity contribution < 1.29 is 28.7 Å². The molecule has 0 fully saturated rings. The zero-order valence-electron chi connectivity index (χ0n) is 17.9. The van der Waals surface area contributed by atoms with Crippen LogP contribution in [0.25, 0.3) is 0 Å². The van der Waals surface area contributed by atoms with E-state index in [4.69, 9.17) is 18.9 Å². The fourth-order valence-electron chi connectivity index (χ4n) is 3.64. The van der Waals surface area contributed by atoms with Gasteiger partial charge in [0.15, 0.2) is 0 Å². The first kappa shape index (κ1) is 21.9. The van der Waals surface area contributed by atoms with Crippen molar-refractivity contribution in [2.75, 3.05) is 6.61 Å². The molecule has 0 amide bonds. The minimum atomic E-state index is -1.05. The molecule has 1 atom stereocenters. The molecule has 1 aliphatic rings. The van der Waals surface area contributed by atoms with E-state index in [-0.39, 0.29) is 18.5 Å². The molecule has 32 heavy (non-hydrogen) atoms. The number of fused-ring (bicyclic) bond motifs is 1. The van der Waals surface area contributed by atoms with E-state index < -0.39 is 7.12 Å². The molecule has 6 nitrogen and oxygen atoms in total. The summed E-state index contributed by atoms with van der Waals surface area (Å²) < 4.78 is 22.4. The van der Waals surface area contributed by atoms with Gasteiger partial charge < -0.3 is 23.9 Å². The van der Waals surface area contributed by atoms with Crippen LogP contribution >= 0.6 is 0 Å². The maximum Gasteiger partial charge on any atom is 0.492 e. The normalized spacial score (nSPS) is 14.7. The zero-order valence-corrected chi connectivity index (χ0v) is 17.9. The van der Waals surface area contributed by atoms with Crippen LogP contribution in [0, 0.1) is 0 Å². The fraction of sp³-hybridized carbons (Fsp3) is 0.240. The van der Waals surface area contributed by atoms with Gasteiger partial charge in [0.1, 0.15) is 23.9 Å². The van der Waals surface area contributed by atoms with Crippen LogP contribution in [0.15, 0.2) is 72.8 Å². The summed E-state index contributed by atoms with van der Waals surface area (Å²) in [4.78, 5) is 11.6. The van der Waals surface area contributed by atoms with Crippen molar-refractivity contribution in [2.45, 2.75) is 32.5 Å². The molecular weight excluding hydrogens is 407 g/mol. The Morgan fingerprint density at radius 1 is 1.00 bits per heavy atom. The van der Waals surface area contributed by atoms with Crippen molar-refractivity contribution in [1.29, 1.82) is 0 Å². The highest BCUT2D eigenvalue weighted by Crippen LogP contribution is 2.32. The minimum absolute atomic E-state index is 0.235. The summed E-state index contributed by atoms with van der Waals surface area (Å²) in [5.41, 5.74) is 2.59. The number of ether oxygens (including phenoxy) is 3. The van der Waals surface area contributed by atoms with Gasteiger partial charge in [-0.05, 0) is 54.2 Å². The Balaban J connectivity index is 1.40. The monoisotopic (exact) mass is 432 g/mol. The molecule has 4 rings (SSSR count). The molecule has 0 bridgehead atoms. The Morgan fingerprint density at radius 3 is 2.59 bits per heavy atom. The molecule has 0 spiro atoms. The number of carbonyl (C=O) groups is 1. The highest BCUT2D eigenvalue weighted by Gasteiger charge is 2.35. The van der Waals surface area contributed by atoms with Crippen molar-refractivity contribution >= 4 is 18.6 Å². The van der Waals surface area contributed by atoms with E-state index in [1.54, 1.807) is 13.0 Å². The first-order valence-electron chi connectivity index (χ1n) is 10.7. The van der Waals surface area contributed by atoms with Gasteiger partial charge in [0.25, 0.3) is 0 Å². The molecule has 1 aliphatic heterocycles. The van der Waals surface area contributed by atoms with Crippen molar-refractivity contribution in [1.82, 2.24) is 0 Å². The molecule has 1 unspecified atom stereocenters. The van der Waals surface area contributed by atoms with E-state index >= 15 is 0 Å². The smallest absolute Gasteiger partial charge is 0.489 e. The molecule has 164 valence electrons. The van der Waals surface area contributed by atoms with Crippen molar-refractivity contribution in [3.8, 4) is 17.2 Å². The van der Waals surface area contributed by atoms with E-state index in [0.717, 1.165) is 11.1 Å². The van der Waals surface area contributed by atoms with E-state index in [1.807, 2.05) is 66.7 Å². The van der Waals surface area contributed by atoms with Crippen LogP contribution in [0.5, 0.6) is 17.2 Å². The summed E-state index contributed by atoms with van der Waals surface area (Å²) in [6.07, 6.45) is 0.330. The lowest BCUT2D eigenvalue weighted by Gasteiger charge is -2.12. The van der Waals surface area contributed by atoms with Crippen molar-refractivity contribution in [3.05, 3.63) is 83.9 Å². The molecule has 7 heteroatoms. The first-order valence-corrected chi connectivity index (χ1v) is 10.7. The van der Waals surface area contributed by atoms with Gasteiger partial charge >= 0.3 is 13.1 Å². The Bertz CT molecular complexity index is 1060. The molecule has 3 aromatic carbocycles. The first-order chi connectivity index (χ1) is 15.6. The van der Waals surface area contributed by atoms with E-state index in [1.165, 1.54) is 0 Å². The van der Waals surface area contributed by atoms with Crippen LogP contribution in [0.2, 0.25) is 0 Å². The minimum Gasteiger partial charge on any atom is -0.489 e. The predicted octanol–water partition coefficient (Wildman–Crippen LogP) is 4.16. The van der Waals surface area contributed by atoms with Crippen LogP contribution < -0.4 is 14.9 Å². The number of benzene rings is 3. The third-order valence-corrected chi connectivity index (χ3v) is 5.17. The summed E-state index contributed by atoms with van der Waals surface area (Å²) >= 11 is 0. The van der Waals surface area contributed by atoms with Gasteiger partial charge in [-0.3, -0.25) is 4.79 Å². The lowest BCUT2D eigenvalue weighted by molar-refractivity contribution is -0.143. The van der Waals surface area contributed by atoms with Gasteiger partial charge in [-0.2, -0.15) is 0 Å². The average Bonchev–Trinajstić information content (AvgIpc) is 3.12. The van der Waals surface area contributed by atoms with Gasteiger partial charge in [0, 0.05) is 12.5 Å². The third-order valence-electron chi connectivity index (χ3n) is 5.17. The number of rotatable bonds is 9. The largest absolute Gasteiger partial charge is 0.492 e. The lowest BCUT2D eigenvalue weighted by Crippen LogP contribution is -2.27. The van der Waals surface area contributed by atoms with Crippen LogP contribution in [0.4, 0.5) is 0 Å². The van der Waals surface area contributed by atoms with Gasteiger partial charge in [0.05, 0.1) is 12.7 Å². The summed E-state index contributed by atoms with van der Waals surface area (Å²) in [5, 5.41) is 10.3. The van der Waals surface area contributed by atoms with Crippen LogP contribution in [0.1, 0.15) is 37.0 Å². The molecular formula is C25H25BO6. The number of esters is 1. The highest BCUT2D eigenvalue weighted by atomic mass is 16.5. The molecule has 0 radical (unpaired) electrons. The second-order valence-electron chi connectivity index (χ2n) is 7.46. The average molecular weight is 432 g/mol. The zero-order chi connectivity index (χ0) is 22.3. The maximum absolute atomic E-state index is 11.6. The van der Waals surface area contributed by atoms with Gasteiger partial charge in [-0.15, -0.1) is 0 Å². The van der Waals surface area contributed by atoms with Crippen LogP contribution in [0.3, 0.4) is 0 Å². The van der Waals surface area contributed by atoms with E-state index in [9.17, 15) is 9.82 Å². The summed E-state index contributed by atoms with van der Waals surface area (Å²) in [5.74, 6) is 1.64. The molecule has 0 saturated carbocycles. The van der Waals surface area contributed by atoms with E-state index in [2.05, 4.69) is 0 Å². The summed E-state index contributed by atoms with van der Waals surface area (Å²) in [6, 6.07) is 22.8. The number of carbonyl (C=O) groups excluding carboxylic acids is 1. The SMILES string of the molecule is CCOC(=O)CCC1OB(O)c2cc(Oc3cccc(OCc4ccccc4)c3)ccc21. The second kappa shape index (κ2) is 10.4. The molecule has 0 saturated heterocycles. The Kier molecular flexibility index (Phi) is 7.09. The second-order valence-corrected chi connectivity index (χ2v) is 7.46. The molecule has 0 aromatic heterocycles. The van der Waals surface area contributed by atoms with Crippen molar-refractivity contribution in [3.63, 3.8) is 0 Å². The summed E-state index contributed by atoms with van der Waals surface area (Å²) in [7, 11) is -1.05. The molecule has 3 aromatic rings. The van der Waals surface area contributed by atoms with Crippen LogP contribution in [-0.2, 0) is 20.8 Å². The molecule has 0 aliphatic carbocycles. The van der Waals surface area contributed by atoms with E-state index in [0.29, 0.717) is 42.3 Å². The highest BCUT2D eigenvalue weighted by molar-refractivity contribution is 6.61. The third kappa shape index (κ3) is 5.49. The quantitative estimate of drug-likeness (QED) is 0.404. The molecule has 1 N–H and O–H groups in total. The maximum atomic E-state index is 11.6. The Labute approximate surface area is 187 Å². The number of hydrogen-bond donors (Lipinski definition) is 1. The Morgan fingerprint density at radius 2 is 1.78 bits per heavy atom. The van der Waals surface area contributed by atoms with Gasteiger partial charge in [-0.25, -0.2) is 0 Å². The lowest BCUT2D eigenvalue weighted by atomic mass is 9.79. The standard InChI is InChI=1S/C25H25BO6/c1-2-29-25(27)14-13-24-22-12-11-21(16-23(22)26(28)32-24)31-20-10-6-9-19(15-20)30-17-18-7-4-3-5-8-18/h3-12,15-16,24,28H,2,13-14,17H2,1H3. The van der Waals surface area contributed by atoms with Gasteiger partial charge in [-0.1, -0.05) is 42.5 Å².